The van der Waals surface area contributed by atoms with E-state index in [9.17, 15) is 18.3 Å². The number of methoxy groups -OCH3 is 1. The third-order valence-corrected chi connectivity index (χ3v) is 5.42. The van der Waals surface area contributed by atoms with E-state index in [4.69, 9.17) is 9.47 Å². The van der Waals surface area contributed by atoms with Crippen molar-refractivity contribution in [3.8, 4) is 17.0 Å². The summed E-state index contributed by atoms with van der Waals surface area (Å²) in [7, 11) is 1.40. The molecule has 0 spiro atoms. The Hall–Kier alpha value is -2.65. The van der Waals surface area contributed by atoms with Crippen LogP contribution in [0.25, 0.3) is 22.3 Å². The van der Waals surface area contributed by atoms with Gasteiger partial charge in [-0.05, 0) is 56.5 Å². The van der Waals surface area contributed by atoms with Crippen LogP contribution in [0.2, 0.25) is 0 Å². The van der Waals surface area contributed by atoms with Crippen LogP contribution < -0.4 is 4.74 Å². The fourth-order valence-electron chi connectivity index (χ4n) is 4.01. The highest BCUT2D eigenvalue weighted by Gasteiger charge is 2.40. The van der Waals surface area contributed by atoms with Gasteiger partial charge < -0.3 is 19.1 Å². The predicted octanol–water partition coefficient (Wildman–Crippen LogP) is 4.49. The number of halogens is 3. The molecular weight excluding hydrogens is 399 g/mol. The van der Waals surface area contributed by atoms with E-state index in [0.717, 1.165) is 17.5 Å². The van der Waals surface area contributed by atoms with E-state index >= 15 is 0 Å². The third kappa shape index (κ3) is 3.75. The number of aromatic nitrogens is 3. The van der Waals surface area contributed by atoms with Crippen molar-refractivity contribution in [1.82, 2.24) is 14.8 Å². The summed E-state index contributed by atoms with van der Waals surface area (Å²) in [5.74, 6) is 0.0345. The molecule has 1 fully saturated rings. The zero-order chi connectivity index (χ0) is 21.7. The van der Waals surface area contributed by atoms with Crippen LogP contribution in [0.4, 0.5) is 13.2 Å². The van der Waals surface area contributed by atoms with Crippen molar-refractivity contribution in [2.45, 2.75) is 44.5 Å². The highest BCUT2D eigenvalue weighted by atomic mass is 19.4. The van der Waals surface area contributed by atoms with Crippen molar-refractivity contribution >= 4 is 11.0 Å². The molecule has 1 aliphatic rings. The highest BCUT2D eigenvalue weighted by molar-refractivity contribution is 5.82. The van der Waals surface area contributed by atoms with Crippen molar-refractivity contribution in [1.29, 1.82) is 0 Å². The molecule has 0 amide bonds. The zero-order valence-corrected chi connectivity index (χ0v) is 16.8. The lowest BCUT2D eigenvalue weighted by atomic mass is 9.77. The summed E-state index contributed by atoms with van der Waals surface area (Å²) in [6.45, 7) is 3.19. The van der Waals surface area contributed by atoms with E-state index in [0.29, 0.717) is 35.3 Å². The molecular formula is C21H22F3N3O3. The van der Waals surface area contributed by atoms with Gasteiger partial charge in [-0.1, -0.05) is 0 Å². The molecule has 30 heavy (non-hydrogen) atoms. The molecule has 160 valence electrons. The van der Waals surface area contributed by atoms with Gasteiger partial charge in [0.05, 0.1) is 16.9 Å². The molecule has 2 heterocycles. The minimum Gasteiger partial charge on any atom is -0.467 e. The average Bonchev–Trinajstić information content (AvgIpc) is 3.06. The van der Waals surface area contributed by atoms with Crippen molar-refractivity contribution in [2.75, 3.05) is 13.9 Å². The van der Waals surface area contributed by atoms with E-state index in [1.54, 1.807) is 19.9 Å². The maximum absolute atomic E-state index is 13.2. The Morgan fingerprint density at radius 3 is 2.60 bits per heavy atom. The first-order chi connectivity index (χ1) is 14.1. The van der Waals surface area contributed by atoms with Crippen LogP contribution in [0.15, 0.2) is 30.5 Å². The fourth-order valence-corrected chi connectivity index (χ4v) is 4.01. The van der Waals surface area contributed by atoms with Crippen LogP contribution in [0.3, 0.4) is 0 Å². The Balaban J connectivity index is 1.76. The van der Waals surface area contributed by atoms with Gasteiger partial charge in [-0.25, -0.2) is 0 Å². The van der Waals surface area contributed by atoms with Gasteiger partial charge in [0.2, 0.25) is 0 Å². The molecule has 9 heteroatoms. The maximum Gasteiger partial charge on any atom is 0.416 e. The zero-order valence-electron chi connectivity index (χ0n) is 16.8. The number of ether oxygens (including phenoxy) is 2. The average molecular weight is 421 g/mol. The van der Waals surface area contributed by atoms with E-state index in [-0.39, 0.29) is 18.6 Å². The summed E-state index contributed by atoms with van der Waals surface area (Å²) >= 11 is 0. The van der Waals surface area contributed by atoms with Crippen LogP contribution in [-0.4, -0.2) is 39.4 Å². The standard InChI is InChI=1S/C21H22F3N3O3/c1-12-6-14(21(22,23)24)8-17(30-11-29-3)18(12)16-7-13-4-5-27(19(13)26-25-16)15-9-20(2,28)10-15/h4-8,15,28H,9-11H2,1-3H3. The molecule has 0 aliphatic heterocycles. The summed E-state index contributed by atoms with van der Waals surface area (Å²) in [4.78, 5) is 0. The van der Waals surface area contributed by atoms with Gasteiger partial charge in [0.15, 0.2) is 12.4 Å². The number of hydrogen-bond acceptors (Lipinski definition) is 5. The summed E-state index contributed by atoms with van der Waals surface area (Å²) in [6.07, 6.45) is -1.34. The van der Waals surface area contributed by atoms with Crippen molar-refractivity contribution in [3.63, 3.8) is 0 Å². The van der Waals surface area contributed by atoms with Crippen molar-refractivity contribution in [3.05, 3.63) is 41.6 Å². The molecule has 1 aliphatic carbocycles. The molecule has 1 N–H and O–H groups in total. The van der Waals surface area contributed by atoms with E-state index in [2.05, 4.69) is 10.2 Å². The lowest BCUT2D eigenvalue weighted by molar-refractivity contribution is -0.137. The maximum atomic E-state index is 13.2. The third-order valence-electron chi connectivity index (χ3n) is 5.42. The summed E-state index contributed by atoms with van der Waals surface area (Å²) in [6, 6.07) is 5.84. The smallest absolute Gasteiger partial charge is 0.416 e. The minimum atomic E-state index is -4.49. The minimum absolute atomic E-state index is 0.0345. The Morgan fingerprint density at radius 1 is 1.23 bits per heavy atom. The van der Waals surface area contributed by atoms with Gasteiger partial charge in [-0.2, -0.15) is 13.2 Å². The molecule has 2 aromatic heterocycles. The van der Waals surface area contributed by atoms with E-state index in [1.165, 1.54) is 7.11 Å². The number of hydrogen-bond donors (Lipinski definition) is 1. The molecule has 6 nitrogen and oxygen atoms in total. The number of benzene rings is 1. The van der Waals surface area contributed by atoms with Crippen LogP contribution in [0.5, 0.6) is 5.75 Å². The number of fused-ring (bicyclic) bond motifs is 1. The second-order valence-corrected chi connectivity index (χ2v) is 8.01. The quantitative estimate of drug-likeness (QED) is 0.615. The normalized spacial score (nSPS) is 21.6. The molecule has 0 radical (unpaired) electrons. The Morgan fingerprint density at radius 2 is 1.97 bits per heavy atom. The molecule has 0 atom stereocenters. The van der Waals surface area contributed by atoms with Crippen molar-refractivity contribution in [2.24, 2.45) is 0 Å². The SMILES string of the molecule is COCOc1cc(C(F)(F)F)cc(C)c1-c1cc2ccn(C3CC(C)(O)C3)c2nn1. The second-order valence-electron chi connectivity index (χ2n) is 8.01. The Kier molecular flexibility index (Phi) is 4.98. The van der Waals surface area contributed by atoms with Gasteiger partial charge in [-0.15, -0.1) is 10.2 Å². The molecule has 0 saturated heterocycles. The Bertz CT molecular complexity index is 1080. The number of aliphatic hydroxyl groups is 1. The highest BCUT2D eigenvalue weighted by Crippen LogP contribution is 2.43. The summed E-state index contributed by atoms with van der Waals surface area (Å²) in [5.41, 5.74) is 0.431. The lowest BCUT2D eigenvalue weighted by Crippen LogP contribution is -2.41. The fraction of sp³-hybridized carbons (Fsp3) is 0.429. The molecule has 3 aromatic rings. The number of nitrogens with zero attached hydrogens (tertiary/aromatic N) is 3. The first-order valence-corrected chi connectivity index (χ1v) is 9.50. The van der Waals surface area contributed by atoms with E-state index < -0.39 is 17.3 Å². The van der Waals surface area contributed by atoms with Crippen LogP contribution in [-0.2, 0) is 10.9 Å². The number of rotatable bonds is 5. The number of alkyl halides is 3. The molecule has 4 rings (SSSR count). The number of aryl methyl sites for hydroxylation is 1. The Labute approximate surface area is 171 Å². The van der Waals surface area contributed by atoms with Crippen molar-refractivity contribution < 1.29 is 27.8 Å². The predicted molar refractivity (Wildman–Crippen MR) is 104 cm³/mol. The lowest BCUT2D eigenvalue weighted by Gasteiger charge is -2.41. The van der Waals surface area contributed by atoms with Gasteiger partial charge in [-0.3, -0.25) is 0 Å². The monoisotopic (exact) mass is 421 g/mol. The van der Waals surface area contributed by atoms with Gasteiger partial charge in [0.25, 0.3) is 0 Å². The first kappa shape index (κ1) is 20.6. The van der Waals surface area contributed by atoms with E-state index in [1.807, 2.05) is 16.8 Å². The molecule has 0 unspecified atom stereocenters. The summed E-state index contributed by atoms with van der Waals surface area (Å²) < 4.78 is 52.0. The van der Waals surface area contributed by atoms with Gasteiger partial charge in [0.1, 0.15) is 5.75 Å². The molecule has 1 aromatic carbocycles. The molecule has 0 bridgehead atoms. The first-order valence-electron chi connectivity index (χ1n) is 9.50. The van der Waals surface area contributed by atoms with Crippen LogP contribution in [0.1, 0.15) is 36.9 Å². The van der Waals surface area contributed by atoms with Gasteiger partial charge in [0, 0.05) is 30.3 Å². The van der Waals surface area contributed by atoms with Crippen LogP contribution >= 0.6 is 0 Å². The largest absolute Gasteiger partial charge is 0.467 e. The topological polar surface area (TPSA) is 69.4 Å². The summed E-state index contributed by atoms with van der Waals surface area (Å²) in [5, 5.41) is 19.4. The van der Waals surface area contributed by atoms with Crippen LogP contribution in [0, 0.1) is 6.92 Å². The second kappa shape index (κ2) is 7.24. The molecule has 1 saturated carbocycles. The van der Waals surface area contributed by atoms with Gasteiger partial charge >= 0.3 is 6.18 Å².